The van der Waals surface area contributed by atoms with Crippen LogP contribution < -0.4 is 10.6 Å². The number of carbonyl (C=O) groups is 1. The summed E-state index contributed by atoms with van der Waals surface area (Å²) in [4.78, 5) is 18.7. The standard InChI is InChI=1S/C18H26N4O4S/c1-27(25,26)22-8-6-18(24)5-7-21(10-13(18)11-22)17-14(16(19)23)9-12-3-2-4-15(12)20-17/h9,13,24H,2-8,10-11H2,1H3,(H2,19,23)/t13-,18-/m1/s1. The highest BCUT2D eigenvalue weighted by molar-refractivity contribution is 7.88. The van der Waals surface area contributed by atoms with Crippen molar-refractivity contribution in [2.24, 2.45) is 11.7 Å². The Labute approximate surface area is 159 Å². The van der Waals surface area contributed by atoms with Crippen molar-refractivity contribution in [3.8, 4) is 0 Å². The zero-order valence-corrected chi connectivity index (χ0v) is 16.3. The smallest absolute Gasteiger partial charge is 0.252 e. The van der Waals surface area contributed by atoms with Crippen LogP contribution in [-0.2, 0) is 22.9 Å². The van der Waals surface area contributed by atoms with E-state index in [1.54, 1.807) is 0 Å². The summed E-state index contributed by atoms with van der Waals surface area (Å²) in [6, 6.07) is 1.86. The van der Waals surface area contributed by atoms with E-state index >= 15 is 0 Å². The number of piperidine rings is 2. The summed E-state index contributed by atoms with van der Waals surface area (Å²) in [5, 5.41) is 11.0. The summed E-state index contributed by atoms with van der Waals surface area (Å²) in [6.45, 7) is 1.64. The number of hydrogen-bond donors (Lipinski definition) is 2. The maximum absolute atomic E-state index is 12.0. The Morgan fingerprint density at radius 2 is 2.04 bits per heavy atom. The first-order chi connectivity index (χ1) is 12.7. The van der Waals surface area contributed by atoms with E-state index < -0.39 is 21.5 Å². The van der Waals surface area contributed by atoms with Crippen LogP contribution in [0.1, 0.15) is 40.9 Å². The number of carbonyl (C=O) groups excluding carboxylic acids is 1. The van der Waals surface area contributed by atoms with Crippen LogP contribution in [-0.4, -0.2) is 66.8 Å². The molecule has 2 atom stereocenters. The lowest BCUT2D eigenvalue weighted by atomic mass is 9.76. The molecule has 3 aliphatic rings. The molecule has 27 heavy (non-hydrogen) atoms. The first-order valence-corrected chi connectivity index (χ1v) is 11.3. The maximum atomic E-state index is 12.0. The molecule has 8 nitrogen and oxygen atoms in total. The highest BCUT2D eigenvalue weighted by Gasteiger charge is 2.47. The van der Waals surface area contributed by atoms with E-state index in [0.29, 0.717) is 43.9 Å². The molecule has 0 saturated carbocycles. The molecule has 0 unspecified atom stereocenters. The number of aromatic nitrogens is 1. The number of amides is 1. The van der Waals surface area contributed by atoms with Crippen LogP contribution in [0.4, 0.5) is 5.82 Å². The van der Waals surface area contributed by atoms with Gasteiger partial charge in [0.15, 0.2) is 0 Å². The minimum absolute atomic E-state index is 0.231. The van der Waals surface area contributed by atoms with Gasteiger partial charge in [-0.3, -0.25) is 4.79 Å². The number of primary amides is 1. The Balaban J connectivity index is 1.64. The molecule has 1 aromatic heterocycles. The fraction of sp³-hybridized carbons (Fsp3) is 0.667. The summed E-state index contributed by atoms with van der Waals surface area (Å²) < 4.78 is 25.3. The number of hydrogen-bond acceptors (Lipinski definition) is 6. The lowest BCUT2D eigenvalue weighted by molar-refractivity contribution is -0.0688. The minimum Gasteiger partial charge on any atom is -0.389 e. The normalized spacial score (nSPS) is 28.7. The molecule has 0 aromatic carbocycles. The van der Waals surface area contributed by atoms with E-state index in [9.17, 15) is 18.3 Å². The molecule has 9 heteroatoms. The van der Waals surface area contributed by atoms with Gasteiger partial charge < -0.3 is 15.7 Å². The van der Waals surface area contributed by atoms with E-state index in [4.69, 9.17) is 10.7 Å². The number of aryl methyl sites for hydroxylation is 2. The molecule has 0 spiro atoms. The quantitative estimate of drug-likeness (QED) is 0.739. The summed E-state index contributed by atoms with van der Waals surface area (Å²) in [7, 11) is -3.30. The predicted octanol–water partition coefficient (Wildman–Crippen LogP) is -0.108. The van der Waals surface area contributed by atoms with Crippen LogP contribution >= 0.6 is 0 Å². The highest BCUT2D eigenvalue weighted by atomic mass is 32.2. The van der Waals surface area contributed by atoms with Crippen molar-refractivity contribution in [1.82, 2.24) is 9.29 Å². The van der Waals surface area contributed by atoms with Crippen molar-refractivity contribution in [2.45, 2.75) is 37.7 Å². The Morgan fingerprint density at radius 3 is 2.74 bits per heavy atom. The molecular formula is C18H26N4O4S. The first kappa shape index (κ1) is 18.6. The van der Waals surface area contributed by atoms with Gasteiger partial charge in [-0.2, -0.15) is 0 Å². The van der Waals surface area contributed by atoms with Gasteiger partial charge in [-0.1, -0.05) is 0 Å². The second kappa shape index (κ2) is 6.42. The highest BCUT2D eigenvalue weighted by Crippen LogP contribution is 2.38. The third-order valence-electron chi connectivity index (χ3n) is 6.30. The van der Waals surface area contributed by atoms with Gasteiger partial charge in [-0.25, -0.2) is 17.7 Å². The molecule has 1 aliphatic carbocycles. The van der Waals surface area contributed by atoms with Crippen molar-refractivity contribution >= 4 is 21.7 Å². The summed E-state index contributed by atoms with van der Waals surface area (Å²) in [5.41, 5.74) is 7.25. The van der Waals surface area contributed by atoms with Crippen LogP contribution in [0.15, 0.2) is 6.07 Å². The zero-order valence-electron chi connectivity index (χ0n) is 15.5. The number of anilines is 1. The van der Waals surface area contributed by atoms with Crippen molar-refractivity contribution in [2.75, 3.05) is 37.3 Å². The first-order valence-electron chi connectivity index (χ1n) is 9.42. The number of sulfonamides is 1. The van der Waals surface area contributed by atoms with Crippen LogP contribution in [0.5, 0.6) is 0 Å². The average molecular weight is 394 g/mol. The van der Waals surface area contributed by atoms with Gasteiger partial charge in [0.05, 0.1) is 17.4 Å². The molecule has 1 amide bonds. The van der Waals surface area contributed by atoms with Crippen LogP contribution in [0.2, 0.25) is 0 Å². The fourth-order valence-electron chi connectivity index (χ4n) is 4.65. The van der Waals surface area contributed by atoms with Crippen LogP contribution in [0, 0.1) is 5.92 Å². The van der Waals surface area contributed by atoms with Crippen molar-refractivity contribution in [1.29, 1.82) is 0 Å². The van der Waals surface area contributed by atoms with Gasteiger partial charge in [0.1, 0.15) is 5.82 Å². The summed E-state index contributed by atoms with van der Waals surface area (Å²) in [5.74, 6) is -0.165. The van der Waals surface area contributed by atoms with Gasteiger partial charge in [0.25, 0.3) is 5.91 Å². The molecule has 3 heterocycles. The molecule has 1 aromatic rings. The van der Waals surface area contributed by atoms with E-state index in [2.05, 4.69) is 0 Å². The number of aliphatic hydroxyl groups is 1. The molecule has 2 fully saturated rings. The van der Waals surface area contributed by atoms with E-state index in [1.807, 2.05) is 11.0 Å². The average Bonchev–Trinajstić information content (AvgIpc) is 3.06. The van der Waals surface area contributed by atoms with Crippen molar-refractivity contribution in [3.63, 3.8) is 0 Å². The van der Waals surface area contributed by atoms with Crippen LogP contribution in [0.25, 0.3) is 0 Å². The molecule has 148 valence electrons. The van der Waals surface area contributed by atoms with E-state index in [1.165, 1.54) is 10.6 Å². The van der Waals surface area contributed by atoms with Gasteiger partial charge in [-0.05, 0) is 43.7 Å². The second-order valence-electron chi connectivity index (χ2n) is 8.05. The number of nitrogens with zero attached hydrogens (tertiary/aromatic N) is 3. The van der Waals surface area contributed by atoms with Gasteiger partial charge in [0.2, 0.25) is 10.0 Å². The molecule has 4 rings (SSSR count). The molecular weight excluding hydrogens is 368 g/mol. The Hall–Kier alpha value is -1.71. The minimum atomic E-state index is -3.30. The van der Waals surface area contributed by atoms with E-state index in [-0.39, 0.29) is 12.5 Å². The number of nitrogens with two attached hydrogens (primary N) is 1. The second-order valence-corrected chi connectivity index (χ2v) is 10.0. The third-order valence-corrected chi connectivity index (χ3v) is 7.57. The molecule has 0 radical (unpaired) electrons. The Morgan fingerprint density at radius 1 is 1.30 bits per heavy atom. The lowest BCUT2D eigenvalue weighted by Crippen LogP contribution is -2.60. The summed E-state index contributed by atoms with van der Waals surface area (Å²) >= 11 is 0. The molecule has 3 N–H and O–H groups in total. The largest absolute Gasteiger partial charge is 0.389 e. The van der Waals surface area contributed by atoms with Gasteiger partial charge >= 0.3 is 0 Å². The molecule has 0 bridgehead atoms. The van der Waals surface area contributed by atoms with Crippen LogP contribution in [0.3, 0.4) is 0 Å². The number of rotatable bonds is 3. The topological polar surface area (TPSA) is 117 Å². The van der Waals surface area contributed by atoms with Crippen molar-refractivity contribution < 1.29 is 18.3 Å². The lowest BCUT2D eigenvalue weighted by Gasteiger charge is -2.50. The third kappa shape index (κ3) is 3.32. The maximum Gasteiger partial charge on any atom is 0.252 e. The Bertz CT molecular complexity index is 888. The SMILES string of the molecule is CS(=O)(=O)N1CC[C@]2(O)CCN(c3nc4c(cc3C(N)=O)CCC4)C[C@@H]2C1. The fourth-order valence-corrected chi connectivity index (χ4v) is 5.52. The van der Waals surface area contributed by atoms with Gasteiger partial charge in [0, 0.05) is 37.8 Å². The summed E-state index contributed by atoms with van der Waals surface area (Å²) in [6.07, 6.45) is 4.98. The monoisotopic (exact) mass is 394 g/mol. The Kier molecular flexibility index (Phi) is 4.44. The molecule has 2 saturated heterocycles. The van der Waals surface area contributed by atoms with E-state index in [0.717, 1.165) is 30.5 Å². The van der Waals surface area contributed by atoms with Gasteiger partial charge in [-0.15, -0.1) is 0 Å². The number of fused-ring (bicyclic) bond motifs is 2. The predicted molar refractivity (Wildman–Crippen MR) is 101 cm³/mol. The number of pyridine rings is 1. The van der Waals surface area contributed by atoms with Crippen molar-refractivity contribution in [3.05, 3.63) is 22.9 Å². The zero-order chi connectivity index (χ0) is 19.4. The molecule has 2 aliphatic heterocycles.